The Morgan fingerprint density at radius 3 is 2.48 bits per heavy atom. The van der Waals surface area contributed by atoms with Crippen LogP contribution in [0.5, 0.6) is 0 Å². The lowest BCUT2D eigenvalue weighted by atomic mass is 9.52. The van der Waals surface area contributed by atoms with Crippen molar-refractivity contribution in [1.29, 1.82) is 0 Å². The Morgan fingerprint density at radius 2 is 1.67 bits per heavy atom. The zero-order valence-electron chi connectivity index (χ0n) is 13.3. The molecule has 0 heterocycles. The van der Waals surface area contributed by atoms with Crippen LogP contribution in [0, 0.1) is 22.7 Å². The molecule has 2 heteroatoms. The summed E-state index contributed by atoms with van der Waals surface area (Å²) in [5.41, 5.74) is 3.51. The van der Waals surface area contributed by atoms with Crippen molar-refractivity contribution in [3.8, 4) is 0 Å². The maximum absolute atomic E-state index is 12.3. The van der Waals surface area contributed by atoms with Gasteiger partial charge in [0.2, 0.25) is 0 Å². The maximum Gasteiger partial charge on any atom is 0.139 e. The van der Waals surface area contributed by atoms with Gasteiger partial charge in [-0.2, -0.15) is 0 Å². The highest BCUT2D eigenvalue weighted by Crippen LogP contribution is 2.62. The van der Waals surface area contributed by atoms with Crippen molar-refractivity contribution in [1.82, 2.24) is 0 Å². The molecule has 0 bridgehead atoms. The second kappa shape index (κ2) is 4.30. The number of allylic oxidation sites excluding steroid dienone is 2. The van der Waals surface area contributed by atoms with Gasteiger partial charge in [0.05, 0.1) is 0 Å². The Kier molecular flexibility index (Phi) is 2.81. The van der Waals surface area contributed by atoms with E-state index < -0.39 is 0 Å². The van der Waals surface area contributed by atoms with E-state index in [-0.39, 0.29) is 10.8 Å². The summed E-state index contributed by atoms with van der Waals surface area (Å²) in [4.78, 5) is 24.2. The van der Waals surface area contributed by atoms with Crippen molar-refractivity contribution in [3.63, 3.8) is 0 Å². The van der Waals surface area contributed by atoms with Gasteiger partial charge in [0.1, 0.15) is 11.6 Å². The molecule has 4 atom stereocenters. The third-order valence-electron chi connectivity index (χ3n) is 7.52. The van der Waals surface area contributed by atoms with Gasteiger partial charge in [-0.15, -0.1) is 0 Å². The number of carbonyl (C=O) groups excluding carboxylic acids is 2. The quantitative estimate of drug-likeness (QED) is 0.624. The van der Waals surface area contributed by atoms with Gasteiger partial charge in [-0.25, -0.2) is 0 Å². The second-order valence-corrected chi connectivity index (χ2v) is 8.33. The van der Waals surface area contributed by atoms with Gasteiger partial charge in [0, 0.05) is 24.7 Å². The highest BCUT2D eigenvalue weighted by Gasteiger charge is 2.54. The monoisotopic (exact) mass is 286 g/mol. The number of Topliss-reactive ketones (excluding diaryl/α,β-unsaturated/α-hetero) is 2. The van der Waals surface area contributed by atoms with Crippen molar-refractivity contribution in [3.05, 3.63) is 11.1 Å². The minimum absolute atomic E-state index is 0.0630. The number of fused-ring (bicyclic) bond motifs is 4. The molecule has 0 amide bonds. The molecule has 4 aliphatic carbocycles. The van der Waals surface area contributed by atoms with Gasteiger partial charge in [0.25, 0.3) is 0 Å². The number of hydrogen-bond acceptors (Lipinski definition) is 2. The summed E-state index contributed by atoms with van der Waals surface area (Å²) in [7, 11) is 0. The average Bonchev–Trinajstić information content (AvgIpc) is 2.76. The van der Waals surface area contributed by atoms with E-state index in [1.165, 1.54) is 6.42 Å². The molecule has 4 aliphatic rings. The molecule has 21 heavy (non-hydrogen) atoms. The predicted octanol–water partition coefficient (Wildman–Crippen LogP) is 4.23. The molecule has 0 N–H and O–H groups in total. The van der Waals surface area contributed by atoms with Crippen LogP contribution < -0.4 is 0 Å². The van der Waals surface area contributed by atoms with Crippen LogP contribution in [0.4, 0.5) is 0 Å². The van der Waals surface area contributed by atoms with Crippen molar-refractivity contribution in [2.75, 3.05) is 0 Å². The van der Waals surface area contributed by atoms with E-state index in [4.69, 9.17) is 0 Å². The first-order valence-electron chi connectivity index (χ1n) is 8.72. The zero-order chi connectivity index (χ0) is 14.8. The minimum Gasteiger partial charge on any atom is -0.300 e. The molecule has 0 spiro atoms. The van der Waals surface area contributed by atoms with Crippen molar-refractivity contribution in [2.24, 2.45) is 22.7 Å². The lowest BCUT2D eigenvalue weighted by Crippen LogP contribution is -2.44. The van der Waals surface area contributed by atoms with Crippen LogP contribution in [0.15, 0.2) is 11.1 Å². The van der Waals surface area contributed by atoms with Gasteiger partial charge in [-0.05, 0) is 55.8 Å². The van der Waals surface area contributed by atoms with Gasteiger partial charge >= 0.3 is 0 Å². The first-order valence-corrected chi connectivity index (χ1v) is 8.72. The molecule has 2 saturated carbocycles. The van der Waals surface area contributed by atoms with Crippen LogP contribution in [0.3, 0.4) is 0 Å². The SMILES string of the molecule is C[C@@]12CCC(=O)C[C@H]1CCC1=C2CC[C@@]2(C)C(=O)CC[C@H]12. The lowest BCUT2D eigenvalue weighted by Gasteiger charge is -2.52. The van der Waals surface area contributed by atoms with E-state index in [9.17, 15) is 9.59 Å². The third-order valence-corrected chi connectivity index (χ3v) is 7.52. The molecule has 0 saturated heterocycles. The van der Waals surface area contributed by atoms with Gasteiger partial charge < -0.3 is 0 Å². The third kappa shape index (κ3) is 1.71. The van der Waals surface area contributed by atoms with E-state index in [2.05, 4.69) is 13.8 Å². The number of carbonyl (C=O) groups is 2. The first-order chi connectivity index (χ1) is 9.95. The fourth-order valence-electron chi connectivity index (χ4n) is 6.03. The molecule has 0 unspecified atom stereocenters. The molecular weight excluding hydrogens is 260 g/mol. The summed E-state index contributed by atoms with van der Waals surface area (Å²) in [5, 5.41) is 0. The largest absolute Gasteiger partial charge is 0.300 e. The average molecular weight is 286 g/mol. The predicted molar refractivity (Wildman–Crippen MR) is 81.8 cm³/mol. The highest BCUT2D eigenvalue weighted by molar-refractivity contribution is 5.88. The summed E-state index contributed by atoms with van der Waals surface area (Å²) >= 11 is 0. The van der Waals surface area contributed by atoms with E-state index in [0.717, 1.165) is 51.4 Å². The van der Waals surface area contributed by atoms with E-state index >= 15 is 0 Å². The Morgan fingerprint density at radius 1 is 0.905 bits per heavy atom. The minimum atomic E-state index is -0.0630. The smallest absolute Gasteiger partial charge is 0.139 e. The van der Waals surface area contributed by atoms with Crippen LogP contribution in [-0.2, 0) is 9.59 Å². The van der Waals surface area contributed by atoms with Gasteiger partial charge in [-0.1, -0.05) is 25.0 Å². The Balaban J connectivity index is 1.76. The van der Waals surface area contributed by atoms with Gasteiger partial charge in [-0.3, -0.25) is 9.59 Å². The van der Waals surface area contributed by atoms with E-state index in [1.54, 1.807) is 11.1 Å². The Bertz CT molecular complexity index is 558. The van der Waals surface area contributed by atoms with Crippen LogP contribution >= 0.6 is 0 Å². The van der Waals surface area contributed by atoms with E-state index in [1.807, 2.05) is 0 Å². The fraction of sp³-hybridized carbons (Fsp3) is 0.789. The Hall–Kier alpha value is -0.920. The molecule has 2 nitrogen and oxygen atoms in total. The zero-order valence-corrected chi connectivity index (χ0v) is 13.3. The summed E-state index contributed by atoms with van der Waals surface area (Å²) in [5.74, 6) is 2.06. The standard InChI is InChI=1S/C19H26O2/c1-18-9-7-13(20)11-12(18)3-4-14-15-5-6-17(21)19(15,2)10-8-16(14)18/h12,15H,3-11H2,1-2H3/t12-,15-,18-,19-/m1/s1. The maximum atomic E-state index is 12.3. The van der Waals surface area contributed by atoms with Crippen molar-refractivity contribution < 1.29 is 9.59 Å². The summed E-state index contributed by atoms with van der Waals surface area (Å²) in [6.45, 7) is 4.63. The fourth-order valence-corrected chi connectivity index (χ4v) is 6.03. The second-order valence-electron chi connectivity index (χ2n) is 8.33. The molecule has 0 aromatic carbocycles. The molecule has 114 valence electrons. The molecule has 4 rings (SSSR count). The summed E-state index contributed by atoms with van der Waals surface area (Å²) in [6.07, 6.45) is 8.95. The van der Waals surface area contributed by atoms with Crippen LogP contribution in [-0.4, -0.2) is 11.6 Å². The highest BCUT2D eigenvalue weighted by atomic mass is 16.1. The number of hydrogen-bond donors (Lipinski definition) is 0. The summed E-state index contributed by atoms with van der Waals surface area (Å²) < 4.78 is 0. The van der Waals surface area contributed by atoms with Crippen LogP contribution in [0.2, 0.25) is 0 Å². The molecule has 0 radical (unpaired) electrons. The first kappa shape index (κ1) is 13.7. The lowest BCUT2D eigenvalue weighted by molar-refractivity contribution is -0.126. The Labute approximate surface area is 127 Å². The molecule has 0 aliphatic heterocycles. The van der Waals surface area contributed by atoms with E-state index in [0.29, 0.717) is 23.4 Å². The number of ketones is 2. The van der Waals surface area contributed by atoms with Crippen LogP contribution in [0.25, 0.3) is 0 Å². The molecule has 0 aromatic heterocycles. The van der Waals surface area contributed by atoms with Crippen LogP contribution in [0.1, 0.15) is 71.6 Å². The van der Waals surface area contributed by atoms with Gasteiger partial charge in [0.15, 0.2) is 0 Å². The molecule has 0 aromatic rings. The van der Waals surface area contributed by atoms with Crippen molar-refractivity contribution >= 4 is 11.6 Å². The molecule has 2 fully saturated rings. The topological polar surface area (TPSA) is 34.1 Å². The number of rotatable bonds is 0. The van der Waals surface area contributed by atoms with Crippen molar-refractivity contribution in [2.45, 2.75) is 71.6 Å². The molecular formula is C19H26O2. The summed E-state index contributed by atoms with van der Waals surface area (Å²) in [6, 6.07) is 0. The normalized spacial score (nSPS) is 46.2.